The van der Waals surface area contributed by atoms with E-state index in [4.69, 9.17) is 5.11 Å². The summed E-state index contributed by atoms with van der Waals surface area (Å²) in [6.45, 7) is 6.38. The minimum absolute atomic E-state index is 0.417. The van der Waals surface area contributed by atoms with E-state index in [1.807, 2.05) is 0 Å². The molecule has 0 bridgehead atoms. The van der Waals surface area contributed by atoms with Crippen molar-refractivity contribution in [3.63, 3.8) is 0 Å². The van der Waals surface area contributed by atoms with Gasteiger partial charge in [0.2, 0.25) is 5.91 Å². The Morgan fingerprint density at radius 2 is 1.80 bits per heavy atom. The summed E-state index contributed by atoms with van der Waals surface area (Å²) in [5.74, 6) is -1.54. The number of rotatable bonds is 4. The van der Waals surface area contributed by atoms with Crippen molar-refractivity contribution in [3.8, 4) is 0 Å². The molecule has 5 nitrogen and oxygen atoms in total. The number of carbonyl (C=O) groups is 3. The SMILES string of the molecule is CC(=O)N[C@](C=O)(CC(=O)O)C(C)(C)C. The van der Waals surface area contributed by atoms with Crippen molar-refractivity contribution in [2.24, 2.45) is 5.41 Å². The van der Waals surface area contributed by atoms with E-state index in [-0.39, 0.29) is 0 Å². The monoisotopic (exact) mass is 215 g/mol. The molecule has 0 aliphatic carbocycles. The number of aliphatic carboxylic acids is 1. The number of hydrogen-bond acceptors (Lipinski definition) is 3. The molecule has 2 N–H and O–H groups in total. The second kappa shape index (κ2) is 4.42. The summed E-state index contributed by atoms with van der Waals surface area (Å²) in [7, 11) is 0. The lowest BCUT2D eigenvalue weighted by atomic mass is 9.72. The Morgan fingerprint density at radius 3 is 2.00 bits per heavy atom. The van der Waals surface area contributed by atoms with Crippen molar-refractivity contribution in [3.05, 3.63) is 0 Å². The highest BCUT2D eigenvalue weighted by Crippen LogP contribution is 2.31. The highest BCUT2D eigenvalue weighted by molar-refractivity contribution is 5.84. The Hall–Kier alpha value is -1.39. The van der Waals surface area contributed by atoms with Gasteiger partial charge in [-0.3, -0.25) is 9.59 Å². The molecule has 1 atom stereocenters. The van der Waals surface area contributed by atoms with Gasteiger partial charge < -0.3 is 15.2 Å². The zero-order valence-electron chi connectivity index (χ0n) is 9.46. The van der Waals surface area contributed by atoms with Crippen LogP contribution < -0.4 is 5.32 Å². The lowest BCUT2D eigenvalue weighted by Gasteiger charge is -2.39. The molecular weight excluding hydrogens is 198 g/mol. The fourth-order valence-electron chi connectivity index (χ4n) is 1.30. The molecule has 15 heavy (non-hydrogen) atoms. The predicted molar refractivity (Wildman–Crippen MR) is 54.3 cm³/mol. The summed E-state index contributed by atoms with van der Waals surface area (Å²) in [5, 5.41) is 11.2. The predicted octanol–water partition coefficient (Wildman–Crippen LogP) is 0.581. The van der Waals surface area contributed by atoms with Gasteiger partial charge >= 0.3 is 5.97 Å². The van der Waals surface area contributed by atoms with E-state index in [0.29, 0.717) is 6.29 Å². The van der Waals surface area contributed by atoms with Crippen molar-refractivity contribution in [2.75, 3.05) is 0 Å². The third-order valence-electron chi connectivity index (χ3n) is 2.37. The molecule has 0 aromatic rings. The van der Waals surface area contributed by atoms with E-state index < -0.39 is 29.3 Å². The van der Waals surface area contributed by atoms with E-state index in [0.717, 1.165) is 0 Å². The Kier molecular flexibility index (Phi) is 4.01. The molecule has 0 unspecified atom stereocenters. The fourth-order valence-corrected chi connectivity index (χ4v) is 1.30. The van der Waals surface area contributed by atoms with Crippen LogP contribution in [0.4, 0.5) is 0 Å². The largest absolute Gasteiger partial charge is 0.481 e. The number of carboxylic acid groups (broad SMARTS) is 1. The summed E-state index contributed by atoms with van der Waals surface area (Å²) in [6, 6.07) is 0. The second-order valence-electron chi connectivity index (χ2n) is 4.59. The maximum atomic E-state index is 11.1. The zero-order chi connectivity index (χ0) is 12.3. The highest BCUT2D eigenvalue weighted by Gasteiger charge is 2.44. The van der Waals surface area contributed by atoms with Gasteiger partial charge in [0, 0.05) is 6.92 Å². The molecule has 0 fully saturated rings. The van der Waals surface area contributed by atoms with Gasteiger partial charge in [-0.1, -0.05) is 20.8 Å². The van der Waals surface area contributed by atoms with Gasteiger partial charge in [-0.2, -0.15) is 0 Å². The topological polar surface area (TPSA) is 83.5 Å². The molecule has 86 valence electrons. The number of carboxylic acids is 1. The minimum atomic E-state index is -1.36. The first-order valence-corrected chi connectivity index (χ1v) is 4.61. The Balaban J connectivity index is 5.19. The third kappa shape index (κ3) is 3.34. The summed E-state index contributed by atoms with van der Waals surface area (Å²) >= 11 is 0. The molecule has 0 saturated carbocycles. The Bertz CT molecular complexity index is 262. The second-order valence-corrected chi connectivity index (χ2v) is 4.59. The molecule has 1 amide bonds. The molecule has 0 heterocycles. The van der Waals surface area contributed by atoms with Crippen molar-refractivity contribution in [1.82, 2.24) is 5.32 Å². The molecule has 5 heteroatoms. The van der Waals surface area contributed by atoms with Gasteiger partial charge in [0.1, 0.15) is 11.8 Å². The number of aldehydes is 1. The maximum absolute atomic E-state index is 11.1. The van der Waals surface area contributed by atoms with Crippen molar-refractivity contribution < 1.29 is 19.5 Å². The van der Waals surface area contributed by atoms with Crippen LogP contribution in [0.1, 0.15) is 34.1 Å². The molecular formula is C10H17NO4. The first-order chi connectivity index (χ1) is 6.64. The number of carbonyl (C=O) groups excluding carboxylic acids is 2. The van der Waals surface area contributed by atoms with Crippen LogP contribution >= 0.6 is 0 Å². The van der Waals surface area contributed by atoms with Crippen LogP contribution in [0.3, 0.4) is 0 Å². The lowest BCUT2D eigenvalue weighted by Crippen LogP contribution is -2.59. The van der Waals surface area contributed by atoms with Gasteiger partial charge in [0.15, 0.2) is 0 Å². The van der Waals surface area contributed by atoms with E-state index in [1.54, 1.807) is 20.8 Å². The lowest BCUT2D eigenvalue weighted by molar-refractivity contribution is -0.143. The van der Waals surface area contributed by atoms with Crippen LogP contribution in [0.5, 0.6) is 0 Å². The van der Waals surface area contributed by atoms with Gasteiger partial charge in [-0.25, -0.2) is 0 Å². The average molecular weight is 215 g/mol. The van der Waals surface area contributed by atoms with E-state index in [1.165, 1.54) is 6.92 Å². The molecule has 0 aliphatic heterocycles. The standard InChI is InChI=1S/C10H17NO4/c1-7(13)11-10(6-12,5-8(14)15)9(2,3)4/h6H,5H2,1-4H3,(H,11,13)(H,14,15)/t10-/m0/s1. The summed E-state index contributed by atoms with van der Waals surface area (Å²) in [6.07, 6.45) is 0.0854. The van der Waals surface area contributed by atoms with E-state index >= 15 is 0 Å². The Labute approximate surface area is 88.9 Å². The van der Waals surface area contributed by atoms with Gasteiger partial charge in [-0.15, -0.1) is 0 Å². The van der Waals surface area contributed by atoms with Gasteiger partial charge in [0.05, 0.1) is 6.42 Å². The quantitative estimate of drug-likeness (QED) is 0.672. The maximum Gasteiger partial charge on any atom is 0.306 e. The highest BCUT2D eigenvalue weighted by atomic mass is 16.4. The molecule has 0 rings (SSSR count). The van der Waals surface area contributed by atoms with Gasteiger partial charge in [0.25, 0.3) is 0 Å². The van der Waals surface area contributed by atoms with Crippen LogP contribution in [0, 0.1) is 5.41 Å². The summed E-state index contributed by atoms with van der Waals surface area (Å²) < 4.78 is 0. The number of nitrogens with one attached hydrogen (secondary N) is 1. The molecule has 0 radical (unpaired) electrons. The average Bonchev–Trinajstić information content (AvgIpc) is 1.98. The zero-order valence-corrected chi connectivity index (χ0v) is 9.46. The van der Waals surface area contributed by atoms with E-state index in [2.05, 4.69) is 5.32 Å². The molecule has 0 spiro atoms. The van der Waals surface area contributed by atoms with Gasteiger partial charge in [-0.05, 0) is 5.41 Å². The first-order valence-electron chi connectivity index (χ1n) is 4.61. The molecule has 0 aromatic carbocycles. The van der Waals surface area contributed by atoms with Crippen LogP contribution in [-0.2, 0) is 14.4 Å². The van der Waals surface area contributed by atoms with Crippen LogP contribution in [0.25, 0.3) is 0 Å². The summed E-state index contributed by atoms with van der Waals surface area (Å²) in [5.41, 5.74) is -2.01. The number of hydrogen-bond donors (Lipinski definition) is 2. The van der Waals surface area contributed by atoms with Crippen molar-refractivity contribution in [2.45, 2.75) is 39.7 Å². The minimum Gasteiger partial charge on any atom is -0.481 e. The van der Waals surface area contributed by atoms with E-state index in [9.17, 15) is 14.4 Å². The smallest absolute Gasteiger partial charge is 0.306 e. The number of amides is 1. The summed E-state index contributed by atoms with van der Waals surface area (Å²) in [4.78, 5) is 32.7. The van der Waals surface area contributed by atoms with Crippen molar-refractivity contribution >= 4 is 18.2 Å². The first kappa shape index (κ1) is 13.6. The fraction of sp³-hybridized carbons (Fsp3) is 0.700. The van der Waals surface area contributed by atoms with Crippen LogP contribution in [0.15, 0.2) is 0 Å². The molecule has 0 aromatic heterocycles. The normalized spacial score (nSPS) is 15.2. The third-order valence-corrected chi connectivity index (χ3v) is 2.37. The Morgan fingerprint density at radius 1 is 1.33 bits per heavy atom. The molecule has 0 aliphatic rings. The van der Waals surface area contributed by atoms with Crippen LogP contribution in [0.2, 0.25) is 0 Å². The molecule has 0 saturated heterocycles. The van der Waals surface area contributed by atoms with Crippen molar-refractivity contribution in [1.29, 1.82) is 0 Å². The van der Waals surface area contributed by atoms with Crippen LogP contribution in [-0.4, -0.2) is 28.8 Å².